The monoisotopic (exact) mass is 346 g/mol. The number of aryl methyl sites for hydroxylation is 2. The summed E-state index contributed by atoms with van der Waals surface area (Å²) < 4.78 is 27.1. The lowest BCUT2D eigenvalue weighted by atomic mass is 10.1. The first kappa shape index (κ1) is 16.7. The standard InChI is InChI=1S/C16H16F2N6O/c17-15(18)11-8-12(22-21-11)16-20-14(9-13(19)25)23-24(16)7-6-10-4-2-1-3-5-10/h1-5,8,15H,6-7,9H2,(H2,19,25)(H,21,22). The van der Waals surface area contributed by atoms with Crippen molar-refractivity contribution in [3.63, 3.8) is 0 Å². The fourth-order valence-electron chi connectivity index (χ4n) is 2.41. The van der Waals surface area contributed by atoms with Crippen LogP contribution in [0.3, 0.4) is 0 Å². The van der Waals surface area contributed by atoms with Crippen molar-refractivity contribution in [2.75, 3.05) is 0 Å². The molecular formula is C16H16F2N6O. The van der Waals surface area contributed by atoms with Crippen LogP contribution in [-0.2, 0) is 24.2 Å². The van der Waals surface area contributed by atoms with Crippen molar-refractivity contribution in [1.29, 1.82) is 0 Å². The second-order valence-corrected chi connectivity index (χ2v) is 5.46. The minimum atomic E-state index is -2.66. The molecule has 0 saturated heterocycles. The number of carbonyl (C=O) groups excluding carboxylic acids is 1. The van der Waals surface area contributed by atoms with Gasteiger partial charge in [0.1, 0.15) is 11.4 Å². The largest absolute Gasteiger partial charge is 0.369 e. The summed E-state index contributed by atoms with van der Waals surface area (Å²) in [7, 11) is 0. The van der Waals surface area contributed by atoms with Crippen LogP contribution in [0.1, 0.15) is 23.5 Å². The van der Waals surface area contributed by atoms with Gasteiger partial charge in [0, 0.05) is 6.54 Å². The van der Waals surface area contributed by atoms with Crippen molar-refractivity contribution < 1.29 is 13.6 Å². The van der Waals surface area contributed by atoms with Gasteiger partial charge < -0.3 is 5.73 Å². The number of aromatic nitrogens is 5. The number of rotatable bonds is 7. The van der Waals surface area contributed by atoms with Gasteiger partial charge in [-0.2, -0.15) is 10.2 Å². The molecule has 0 aliphatic heterocycles. The SMILES string of the molecule is NC(=O)Cc1nc(-c2cc(C(F)F)[nH]n2)n(CCc2ccccc2)n1. The zero-order valence-electron chi connectivity index (χ0n) is 13.2. The van der Waals surface area contributed by atoms with E-state index in [1.807, 2.05) is 30.3 Å². The summed E-state index contributed by atoms with van der Waals surface area (Å²) in [5, 5.41) is 10.4. The molecule has 3 aromatic rings. The molecule has 9 heteroatoms. The van der Waals surface area contributed by atoms with Crippen LogP contribution >= 0.6 is 0 Å². The van der Waals surface area contributed by atoms with E-state index in [-0.39, 0.29) is 23.6 Å². The third kappa shape index (κ3) is 4.06. The topological polar surface area (TPSA) is 102 Å². The third-order valence-electron chi connectivity index (χ3n) is 3.56. The minimum absolute atomic E-state index is 0.128. The normalized spacial score (nSPS) is 11.2. The summed E-state index contributed by atoms with van der Waals surface area (Å²) in [5.41, 5.74) is 6.22. The molecule has 3 rings (SSSR count). The quantitative estimate of drug-likeness (QED) is 0.682. The van der Waals surface area contributed by atoms with Gasteiger partial charge in [-0.3, -0.25) is 9.89 Å². The van der Waals surface area contributed by atoms with Gasteiger partial charge in [-0.25, -0.2) is 18.4 Å². The average Bonchev–Trinajstić information content (AvgIpc) is 3.20. The molecule has 0 atom stereocenters. The molecule has 2 aromatic heterocycles. The van der Waals surface area contributed by atoms with E-state index in [0.29, 0.717) is 18.8 Å². The maximum atomic E-state index is 12.8. The highest BCUT2D eigenvalue weighted by molar-refractivity contribution is 5.75. The van der Waals surface area contributed by atoms with Gasteiger partial charge in [-0.05, 0) is 18.1 Å². The number of carbonyl (C=O) groups is 1. The first-order valence-corrected chi connectivity index (χ1v) is 7.62. The summed E-state index contributed by atoms with van der Waals surface area (Å²) in [6, 6.07) is 11.0. The van der Waals surface area contributed by atoms with Crippen LogP contribution in [0.25, 0.3) is 11.5 Å². The lowest BCUT2D eigenvalue weighted by Gasteiger charge is -2.04. The smallest absolute Gasteiger partial charge is 0.279 e. The molecule has 1 aromatic carbocycles. The van der Waals surface area contributed by atoms with E-state index in [0.717, 1.165) is 5.56 Å². The number of primary amides is 1. The highest BCUT2D eigenvalue weighted by Crippen LogP contribution is 2.22. The van der Waals surface area contributed by atoms with Gasteiger partial charge in [0.25, 0.3) is 6.43 Å². The molecule has 0 saturated carbocycles. The van der Waals surface area contributed by atoms with E-state index in [1.54, 1.807) is 4.68 Å². The van der Waals surface area contributed by atoms with Crippen molar-refractivity contribution in [3.05, 3.63) is 53.5 Å². The second kappa shape index (κ2) is 7.20. The first-order valence-electron chi connectivity index (χ1n) is 7.62. The average molecular weight is 346 g/mol. The Kier molecular flexibility index (Phi) is 4.82. The maximum Gasteiger partial charge on any atom is 0.279 e. The van der Waals surface area contributed by atoms with Crippen LogP contribution < -0.4 is 5.73 Å². The van der Waals surface area contributed by atoms with E-state index in [1.165, 1.54) is 6.07 Å². The van der Waals surface area contributed by atoms with E-state index in [9.17, 15) is 13.6 Å². The van der Waals surface area contributed by atoms with Crippen molar-refractivity contribution in [2.24, 2.45) is 5.73 Å². The molecule has 2 heterocycles. The number of nitrogens with one attached hydrogen (secondary N) is 1. The van der Waals surface area contributed by atoms with E-state index < -0.39 is 12.3 Å². The highest BCUT2D eigenvalue weighted by atomic mass is 19.3. The molecule has 0 bridgehead atoms. The van der Waals surface area contributed by atoms with Crippen LogP contribution in [0.5, 0.6) is 0 Å². The van der Waals surface area contributed by atoms with Crippen LogP contribution in [0.15, 0.2) is 36.4 Å². The van der Waals surface area contributed by atoms with Crippen LogP contribution in [0, 0.1) is 0 Å². The van der Waals surface area contributed by atoms with E-state index >= 15 is 0 Å². The number of alkyl halides is 2. The predicted octanol–water partition coefficient (Wildman–Crippen LogP) is 1.88. The number of hydrogen-bond donors (Lipinski definition) is 2. The van der Waals surface area contributed by atoms with E-state index in [4.69, 9.17) is 5.73 Å². The second-order valence-electron chi connectivity index (χ2n) is 5.46. The number of aromatic amines is 1. The Bertz CT molecular complexity index is 859. The van der Waals surface area contributed by atoms with Crippen molar-refractivity contribution in [3.8, 4) is 11.5 Å². The van der Waals surface area contributed by atoms with Crippen LogP contribution in [0.2, 0.25) is 0 Å². The Morgan fingerprint density at radius 2 is 2.04 bits per heavy atom. The third-order valence-corrected chi connectivity index (χ3v) is 3.56. The number of halogens is 2. The lowest BCUT2D eigenvalue weighted by Crippen LogP contribution is -2.15. The zero-order chi connectivity index (χ0) is 17.8. The molecule has 0 unspecified atom stereocenters. The molecule has 0 aliphatic carbocycles. The Hall–Kier alpha value is -3.10. The molecule has 25 heavy (non-hydrogen) atoms. The fourth-order valence-corrected chi connectivity index (χ4v) is 2.41. The van der Waals surface area contributed by atoms with Crippen molar-refractivity contribution >= 4 is 5.91 Å². The summed E-state index contributed by atoms with van der Waals surface area (Å²) in [4.78, 5) is 15.3. The number of hydrogen-bond acceptors (Lipinski definition) is 4. The number of nitrogens with two attached hydrogens (primary N) is 1. The Morgan fingerprint density at radius 3 is 2.68 bits per heavy atom. The predicted molar refractivity (Wildman–Crippen MR) is 85.6 cm³/mol. The summed E-state index contributed by atoms with van der Waals surface area (Å²) in [6.45, 7) is 0.460. The van der Waals surface area contributed by atoms with Gasteiger partial charge in [0.05, 0.1) is 6.42 Å². The Labute approximate surface area is 141 Å². The number of H-pyrrole nitrogens is 1. The Balaban J connectivity index is 1.88. The van der Waals surface area contributed by atoms with Crippen molar-refractivity contribution in [2.45, 2.75) is 25.8 Å². The zero-order valence-corrected chi connectivity index (χ0v) is 13.2. The molecular weight excluding hydrogens is 330 g/mol. The lowest BCUT2D eigenvalue weighted by molar-refractivity contribution is -0.117. The van der Waals surface area contributed by atoms with Gasteiger partial charge in [0.2, 0.25) is 5.91 Å². The molecule has 3 N–H and O–H groups in total. The van der Waals surface area contributed by atoms with Crippen molar-refractivity contribution in [1.82, 2.24) is 25.0 Å². The molecule has 1 amide bonds. The molecule has 7 nitrogen and oxygen atoms in total. The highest BCUT2D eigenvalue weighted by Gasteiger charge is 2.18. The van der Waals surface area contributed by atoms with Gasteiger partial charge >= 0.3 is 0 Å². The van der Waals surface area contributed by atoms with Gasteiger partial charge in [-0.1, -0.05) is 30.3 Å². The maximum absolute atomic E-state index is 12.8. The molecule has 0 fully saturated rings. The molecule has 130 valence electrons. The van der Waals surface area contributed by atoms with E-state index in [2.05, 4.69) is 20.3 Å². The van der Waals surface area contributed by atoms with Gasteiger partial charge in [-0.15, -0.1) is 0 Å². The number of nitrogens with zero attached hydrogens (tertiary/aromatic N) is 4. The van der Waals surface area contributed by atoms with Crippen LogP contribution in [-0.4, -0.2) is 30.9 Å². The fraction of sp³-hybridized carbons (Fsp3) is 0.250. The summed E-state index contributed by atoms with van der Waals surface area (Å²) in [6.07, 6.45) is -2.12. The van der Waals surface area contributed by atoms with Crippen LogP contribution in [0.4, 0.5) is 8.78 Å². The Morgan fingerprint density at radius 1 is 1.28 bits per heavy atom. The number of benzene rings is 1. The molecule has 0 radical (unpaired) electrons. The summed E-state index contributed by atoms with van der Waals surface area (Å²) >= 11 is 0. The molecule has 0 spiro atoms. The molecule has 0 aliphatic rings. The minimum Gasteiger partial charge on any atom is -0.369 e. The van der Waals surface area contributed by atoms with Gasteiger partial charge in [0.15, 0.2) is 11.6 Å². The first-order chi connectivity index (χ1) is 12.0. The summed E-state index contributed by atoms with van der Waals surface area (Å²) in [5.74, 6) is -0.0189. The number of amides is 1.